The van der Waals surface area contributed by atoms with Crippen molar-refractivity contribution in [3.05, 3.63) is 71.0 Å². The highest BCUT2D eigenvalue weighted by atomic mass is 19.1. The minimum Gasteiger partial charge on any atom is -0.388 e. The lowest BCUT2D eigenvalue weighted by Gasteiger charge is -2.19. The van der Waals surface area contributed by atoms with Crippen LogP contribution in [0.5, 0.6) is 0 Å². The Morgan fingerprint density at radius 2 is 1.88 bits per heavy atom. The van der Waals surface area contributed by atoms with E-state index in [-0.39, 0.29) is 12.4 Å². The Morgan fingerprint density at radius 3 is 2.56 bits per heavy atom. The van der Waals surface area contributed by atoms with Gasteiger partial charge in [-0.05, 0) is 36.4 Å². The summed E-state index contributed by atoms with van der Waals surface area (Å²) in [6.45, 7) is -0.305. The number of halogens is 1. The van der Waals surface area contributed by atoms with Gasteiger partial charge in [0.05, 0.1) is 5.69 Å². The van der Waals surface area contributed by atoms with Crippen LogP contribution < -0.4 is 16.2 Å². The molecule has 1 amide bonds. The van der Waals surface area contributed by atoms with Gasteiger partial charge in [-0.2, -0.15) is 4.68 Å². The number of anilines is 1. The fourth-order valence-electron chi connectivity index (χ4n) is 2.19. The van der Waals surface area contributed by atoms with Gasteiger partial charge in [-0.3, -0.25) is 15.2 Å². The van der Waals surface area contributed by atoms with Crippen molar-refractivity contribution in [2.24, 2.45) is 0 Å². The van der Waals surface area contributed by atoms with Crippen LogP contribution in [0, 0.1) is 5.82 Å². The van der Waals surface area contributed by atoms with Gasteiger partial charge in [-0.25, -0.2) is 9.18 Å². The van der Waals surface area contributed by atoms with E-state index in [2.05, 4.69) is 10.5 Å². The first-order chi connectivity index (χ1) is 12.0. The normalized spacial score (nSPS) is 10.5. The van der Waals surface area contributed by atoms with Gasteiger partial charge in [0.1, 0.15) is 12.4 Å². The zero-order valence-electron chi connectivity index (χ0n) is 13.3. The third-order valence-corrected chi connectivity index (χ3v) is 3.43. The van der Waals surface area contributed by atoms with E-state index in [4.69, 9.17) is 4.42 Å². The van der Waals surface area contributed by atoms with Gasteiger partial charge >= 0.3 is 5.76 Å². The van der Waals surface area contributed by atoms with Crippen LogP contribution in [0.25, 0.3) is 11.5 Å². The molecule has 0 aliphatic rings. The molecule has 0 fully saturated rings. The molecule has 0 unspecified atom stereocenters. The highest BCUT2D eigenvalue weighted by molar-refractivity contribution is 5.77. The van der Waals surface area contributed by atoms with Crippen molar-refractivity contribution >= 4 is 11.6 Å². The van der Waals surface area contributed by atoms with Crippen molar-refractivity contribution in [3.8, 4) is 11.5 Å². The highest BCUT2D eigenvalue weighted by Crippen LogP contribution is 2.15. The highest BCUT2D eigenvalue weighted by Gasteiger charge is 2.14. The number of benzene rings is 2. The van der Waals surface area contributed by atoms with Crippen LogP contribution in [0.15, 0.2) is 63.8 Å². The summed E-state index contributed by atoms with van der Waals surface area (Å²) in [6.07, 6.45) is 0. The summed E-state index contributed by atoms with van der Waals surface area (Å²) in [5, 5.41) is 5.50. The molecule has 7 nitrogen and oxygen atoms in total. The van der Waals surface area contributed by atoms with Crippen LogP contribution in [-0.4, -0.2) is 22.7 Å². The molecule has 3 rings (SSSR count). The molecule has 0 aliphatic heterocycles. The van der Waals surface area contributed by atoms with Gasteiger partial charge in [0.2, 0.25) is 5.89 Å². The Kier molecular flexibility index (Phi) is 4.60. The molecule has 3 aromatic rings. The second kappa shape index (κ2) is 7.00. The number of amides is 1. The lowest BCUT2D eigenvalue weighted by atomic mass is 10.2. The van der Waals surface area contributed by atoms with Crippen molar-refractivity contribution in [1.29, 1.82) is 0 Å². The predicted molar refractivity (Wildman–Crippen MR) is 89.1 cm³/mol. The van der Waals surface area contributed by atoms with Crippen molar-refractivity contribution in [2.45, 2.75) is 6.54 Å². The number of nitrogens with one attached hydrogen (secondary N) is 1. The third-order valence-electron chi connectivity index (χ3n) is 3.43. The average molecular weight is 342 g/mol. The molecule has 1 heterocycles. The minimum absolute atomic E-state index is 0.0224. The van der Waals surface area contributed by atoms with Crippen LogP contribution in [0.4, 0.5) is 10.1 Å². The largest absolute Gasteiger partial charge is 0.437 e. The Bertz CT molecular complexity index is 919. The predicted octanol–water partition coefficient (Wildman–Crippen LogP) is 1.81. The molecule has 0 saturated heterocycles. The van der Waals surface area contributed by atoms with Crippen molar-refractivity contribution in [2.75, 3.05) is 12.1 Å². The molecular formula is C17H15FN4O3. The maximum absolute atomic E-state index is 12.9. The van der Waals surface area contributed by atoms with Gasteiger partial charge in [0, 0.05) is 12.6 Å². The number of hydrazine groups is 1. The molecule has 128 valence electrons. The number of hydrogen-bond acceptors (Lipinski definition) is 5. The zero-order chi connectivity index (χ0) is 17.8. The van der Waals surface area contributed by atoms with Gasteiger partial charge in [0.25, 0.3) is 5.91 Å². The quantitative estimate of drug-likeness (QED) is 0.715. The summed E-state index contributed by atoms with van der Waals surface area (Å²) in [5.74, 6) is -1.59. The molecule has 0 radical (unpaired) electrons. The van der Waals surface area contributed by atoms with E-state index in [1.807, 2.05) is 30.3 Å². The average Bonchev–Trinajstić information content (AvgIpc) is 2.96. The summed E-state index contributed by atoms with van der Waals surface area (Å²) >= 11 is 0. The standard InChI is InChI=1S/C17H15FN4O3/c1-21(14-5-3-2-4-6-14)19-15(23)11-22-17(24)25-16(20-22)12-7-9-13(18)10-8-12/h2-10H,11H2,1H3,(H,19,23). The molecule has 1 N–H and O–H groups in total. The molecule has 0 saturated carbocycles. The number of carbonyl (C=O) groups is 1. The first-order valence-corrected chi connectivity index (χ1v) is 7.45. The molecule has 0 atom stereocenters. The Balaban J connectivity index is 1.69. The first-order valence-electron chi connectivity index (χ1n) is 7.45. The van der Waals surface area contributed by atoms with Crippen molar-refractivity contribution < 1.29 is 13.6 Å². The number of nitrogens with zero attached hydrogens (tertiary/aromatic N) is 3. The van der Waals surface area contributed by atoms with Gasteiger partial charge in [-0.15, -0.1) is 5.10 Å². The number of aromatic nitrogens is 2. The van der Waals surface area contributed by atoms with E-state index >= 15 is 0 Å². The van der Waals surface area contributed by atoms with Crippen LogP contribution >= 0.6 is 0 Å². The van der Waals surface area contributed by atoms with E-state index in [0.29, 0.717) is 5.56 Å². The molecule has 8 heteroatoms. The maximum Gasteiger partial charge on any atom is 0.437 e. The van der Waals surface area contributed by atoms with Crippen LogP contribution in [0.3, 0.4) is 0 Å². The number of para-hydroxylation sites is 1. The minimum atomic E-state index is -0.767. The molecule has 2 aromatic carbocycles. The van der Waals surface area contributed by atoms with Gasteiger partial charge < -0.3 is 4.42 Å². The second-order valence-corrected chi connectivity index (χ2v) is 5.27. The van der Waals surface area contributed by atoms with Crippen molar-refractivity contribution in [3.63, 3.8) is 0 Å². The fraction of sp³-hybridized carbons (Fsp3) is 0.118. The SMILES string of the molecule is CN(NC(=O)Cn1nc(-c2ccc(F)cc2)oc1=O)c1ccccc1. The molecule has 1 aromatic heterocycles. The third kappa shape index (κ3) is 3.92. The Morgan fingerprint density at radius 1 is 1.20 bits per heavy atom. The summed E-state index contributed by atoms with van der Waals surface area (Å²) in [7, 11) is 1.68. The second-order valence-electron chi connectivity index (χ2n) is 5.27. The van der Waals surface area contributed by atoms with Crippen molar-refractivity contribution in [1.82, 2.24) is 15.2 Å². The Labute approximate surface area is 142 Å². The van der Waals surface area contributed by atoms with Gasteiger partial charge in [-0.1, -0.05) is 18.2 Å². The zero-order valence-corrected chi connectivity index (χ0v) is 13.3. The smallest absolute Gasteiger partial charge is 0.388 e. The molecule has 0 spiro atoms. The van der Waals surface area contributed by atoms with E-state index < -0.39 is 17.5 Å². The molecule has 0 bridgehead atoms. The molecule has 25 heavy (non-hydrogen) atoms. The Hall–Kier alpha value is -3.42. The van der Waals surface area contributed by atoms with E-state index in [9.17, 15) is 14.0 Å². The number of carbonyl (C=O) groups excluding carboxylic acids is 1. The first kappa shape index (κ1) is 16.4. The summed E-state index contributed by atoms with van der Waals surface area (Å²) in [6, 6.07) is 14.5. The number of rotatable bonds is 5. The van der Waals surface area contributed by atoms with E-state index in [1.165, 1.54) is 29.3 Å². The molecular weight excluding hydrogens is 327 g/mol. The maximum atomic E-state index is 12.9. The van der Waals surface area contributed by atoms with Crippen LogP contribution in [0.1, 0.15) is 0 Å². The lowest BCUT2D eigenvalue weighted by Crippen LogP contribution is -2.42. The topological polar surface area (TPSA) is 80.4 Å². The van der Waals surface area contributed by atoms with Gasteiger partial charge in [0.15, 0.2) is 0 Å². The monoisotopic (exact) mass is 342 g/mol. The van der Waals surface area contributed by atoms with Crippen LogP contribution in [0.2, 0.25) is 0 Å². The fourth-order valence-corrected chi connectivity index (χ4v) is 2.19. The summed E-state index contributed by atoms with van der Waals surface area (Å²) in [5.41, 5.74) is 3.86. The van der Waals surface area contributed by atoms with E-state index in [1.54, 1.807) is 7.05 Å². The van der Waals surface area contributed by atoms with Crippen LogP contribution in [-0.2, 0) is 11.3 Å². The summed E-state index contributed by atoms with van der Waals surface area (Å²) in [4.78, 5) is 23.9. The van der Waals surface area contributed by atoms with E-state index in [0.717, 1.165) is 10.4 Å². The lowest BCUT2D eigenvalue weighted by molar-refractivity contribution is -0.122. The summed E-state index contributed by atoms with van der Waals surface area (Å²) < 4.78 is 18.9. The number of hydrogen-bond donors (Lipinski definition) is 1. The molecule has 0 aliphatic carbocycles.